The van der Waals surface area contributed by atoms with E-state index in [0.717, 1.165) is 44.8 Å². The lowest BCUT2D eigenvalue weighted by atomic mass is 9.90. The van der Waals surface area contributed by atoms with Crippen molar-refractivity contribution in [2.24, 2.45) is 0 Å². The fourth-order valence-corrected chi connectivity index (χ4v) is 5.05. The van der Waals surface area contributed by atoms with Crippen molar-refractivity contribution in [1.29, 1.82) is 0 Å². The van der Waals surface area contributed by atoms with E-state index in [9.17, 15) is 0 Å². The molecule has 0 aliphatic rings. The van der Waals surface area contributed by atoms with E-state index in [4.69, 9.17) is 7.85 Å². The van der Waals surface area contributed by atoms with Crippen molar-refractivity contribution in [3.05, 3.63) is 150 Å². The van der Waals surface area contributed by atoms with Crippen molar-refractivity contribution in [2.75, 3.05) is 0 Å². The molecule has 0 aliphatic carbocycles. The molecule has 2 radical (unpaired) electrons. The Bertz CT molecular complexity index is 1650. The topological polar surface area (TPSA) is 4.93 Å². The monoisotopic (exact) mass is 487 g/mol. The summed E-state index contributed by atoms with van der Waals surface area (Å²) >= 11 is 0. The number of allylic oxidation sites excluding steroid dienone is 2. The molecule has 5 rings (SSSR count). The van der Waals surface area contributed by atoms with Crippen LogP contribution in [0.2, 0.25) is 0 Å². The second kappa shape index (κ2) is 10.8. The molecule has 4 aromatic carbocycles. The van der Waals surface area contributed by atoms with Crippen LogP contribution in [0.3, 0.4) is 0 Å². The first-order chi connectivity index (χ1) is 18.5. The van der Waals surface area contributed by atoms with E-state index in [1.54, 1.807) is 0 Å². The molecule has 0 saturated carbocycles. The number of hydrogen-bond acceptors (Lipinski definition) is 0. The van der Waals surface area contributed by atoms with Gasteiger partial charge < -0.3 is 4.57 Å². The Kier molecular flexibility index (Phi) is 7.15. The predicted octanol–water partition coefficient (Wildman–Crippen LogP) is 8.59. The van der Waals surface area contributed by atoms with Crippen LogP contribution in [0.25, 0.3) is 45.8 Å². The Balaban J connectivity index is 1.75. The summed E-state index contributed by atoms with van der Waals surface area (Å²) in [6.45, 7) is 12.6. The van der Waals surface area contributed by atoms with Crippen LogP contribution in [0.1, 0.15) is 27.9 Å². The van der Waals surface area contributed by atoms with E-state index < -0.39 is 0 Å². The predicted molar refractivity (Wildman–Crippen MR) is 166 cm³/mol. The maximum Gasteiger partial charge on any atom is 0.113 e. The van der Waals surface area contributed by atoms with Gasteiger partial charge in [0.25, 0.3) is 0 Å². The summed E-state index contributed by atoms with van der Waals surface area (Å²) in [5.74, 6) is 0. The number of para-hydroxylation sites is 1. The number of aromatic nitrogens is 1. The maximum atomic E-state index is 6.13. The standard InChI is InChI=1S/C36H30BN/c1-5-27(30-16-13-17-31(22-30)29-14-9-7-10-15-29)24-35-25(3)26(4)36(38(35)33-18-11-8-12-19-33)34-21-20-32(37)23-28(34)6-2/h5-24H,1-2H2,3-4H3/b27-24+. The second-order valence-electron chi connectivity index (χ2n) is 9.46. The largest absolute Gasteiger partial charge is 0.309 e. The van der Waals surface area contributed by atoms with Gasteiger partial charge in [-0.05, 0) is 77.1 Å². The van der Waals surface area contributed by atoms with Crippen molar-refractivity contribution in [2.45, 2.75) is 13.8 Å². The molecule has 1 aromatic heterocycles. The molecule has 0 N–H and O–H groups in total. The van der Waals surface area contributed by atoms with Crippen LogP contribution in [0.5, 0.6) is 0 Å². The van der Waals surface area contributed by atoms with E-state index in [1.165, 1.54) is 22.3 Å². The summed E-state index contributed by atoms with van der Waals surface area (Å²) in [6, 6.07) is 35.6. The zero-order valence-electron chi connectivity index (χ0n) is 22.0. The molecule has 0 amide bonds. The first-order valence-corrected chi connectivity index (χ1v) is 12.8. The molecule has 1 nitrogen and oxygen atoms in total. The molecule has 0 aliphatic heterocycles. The SMILES string of the molecule is [B]c1ccc(-c2c(C)c(C)c(/C=C(\C=C)c3cccc(-c4ccccc4)c3)n2-c2ccccc2)c(C=C)c1. The highest BCUT2D eigenvalue weighted by Gasteiger charge is 2.21. The van der Waals surface area contributed by atoms with Crippen molar-refractivity contribution >= 4 is 31.0 Å². The highest BCUT2D eigenvalue weighted by Crippen LogP contribution is 2.38. The van der Waals surface area contributed by atoms with Gasteiger partial charge in [0.15, 0.2) is 0 Å². The van der Waals surface area contributed by atoms with Crippen molar-refractivity contribution in [3.8, 4) is 28.1 Å². The highest BCUT2D eigenvalue weighted by molar-refractivity contribution is 6.32. The Morgan fingerprint density at radius 2 is 1.42 bits per heavy atom. The first kappa shape index (κ1) is 25.1. The van der Waals surface area contributed by atoms with Crippen LogP contribution in [-0.4, -0.2) is 12.4 Å². The Morgan fingerprint density at radius 3 is 2.11 bits per heavy atom. The first-order valence-electron chi connectivity index (χ1n) is 12.8. The lowest BCUT2D eigenvalue weighted by Crippen LogP contribution is -2.05. The zero-order valence-corrected chi connectivity index (χ0v) is 22.0. The average Bonchev–Trinajstić information content (AvgIpc) is 3.21. The van der Waals surface area contributed by atoms with Gasteiger partial charge in [-0.15, -0.1) is 0 Å². The fourth-order valence-electron chi connectivity index (χ4n) is 5.05. The average molecular weight is 487 g/mol. The van der Waals surface area contributed by atoms with Gasteiger partial charge in [0.05, 0.1) is 11.4 Å². The summed E-state index contributed by atoms with van der Waals surface area (Å²) in [4.78, 5) is 0. The van der Waals surface area contributed by atoms with Gasteiger partial charge in [-0.3, -0.25) is 0 Å². The molecule has 5 aromatic rings. The zero-order chi connectivity index (χ0) is 26.6. The van der Waals surface area contributed by atoms with E-state index in [2.05, 4.69) is 117 Å². The fraction of sp³-hybridized carbons (Fsp3) is 0.0556. The minimum absolute atomic E-state index is 0.725. The Labute approximate surface area is 227 Å². The van der Waals surface area contributed by atoms with Crippen LogP contribution in [0, 0.1) is 13.8 Å². The summed E-state index contributed by atoms with van der Waals surface area (Å²) in [6.07, 6.45) is 6.07. The Hall–Kier alpha value is -4.56. The van der Waals surface area contributed by atoms with Crippen LogP contribution < -0.4 is 5.46 Å². The molecule has 0 fully saturated rings. The van der Waals surface area contributed by atoms with Gasteiger partial charge in [-0.1, -0.05) is 116 Å². The number of benzene rings is 4. The van der Waals surface area contributed by atoms with Crippen LogP contribution in [0.4, 0.5) is 0 Å². The normalized spacial score (nSPS) is 11.4. The third-order valence-corrected chi connectivity index (χ3v) is 7.15. The van der Waals surface area contributed by atoms with Crippen LogP contribution in [-0.2, 0) is 0 Å². The van der Waals surface area contributed by atoms with E-state index in [1.807, 2.05) is 36.4 Å². The van der Waals surface area contributed by atoms with Gasteiger partial charge in [0.2, 0.25) is 0 Å². The smallest absolute Gasteiger partial charge is 0.113 e. The van der Waals surface area contributed by atoms with Gasteiger partial charge in [-0.2, -0.15) is 0 Å². The van der Waals surface area contributed by atoms with Gasteiger partial charge in [-0.25, -0.2) is 0 Å². The van der Waals surface area contributed by atoms with Crippen molar-refractivity contribution < 1.29 is 0 Å². The second-order valence-corrected chi connectivity index (χ2v) is 9.46. The molecular weight excluding hydrogens is 457 g/mol. The van der Waals surface area contributed by atoms with Crippen molar-refractivity contribution in [1.82, 2.24) is 4.57 Å². The lowest BCUT2D eigenvalue weighted by Gasteiger charge is -2.16. The van der Waals surface area contributed by atoms with Crippen LogP contribution in [0.15, 0.2) is 122 Å². The van der Waals surface area contributed by atoms with Gasteiger partial charge >= 0.3 is 0 Å². The minimum Gasteiger partial charge on any atom is -0.309 e. The molecule has 38 heavy (non-hydrogen) atoms. The Morgan fingerprint density at radius 1 is 0.737 bits per heavy atom. The summed E-state index contributed by atoms with van der Waals surface area (Å²) in [7, 11) is 6.13. The molecular formula is C36H30BN. The minimum atomic E-state index is 0.725. The molecule has 2 heteroatoms. The van der Waals surface area contributed by atoms with E-state index in [0.29, 0.717) is 0 Å². The van der Waals surface area contributed by atoms with Crippen LogP contribution >= 0.6 is 0 Å². The molecule has 0 bridgehead atoms. The number of rotatable bonds is 7. The quantitative estimate of drug-likeness (QED) is 0.160. The number of nitrogens with zero attached hydrogens (tertiary/aromatic N) is 1. The third kappa shape index (κ3) is 4.74. The molecule has 0 spiro atoms. The summed E-state index contributed by atoms with van der Waals surface area (Å²) in [5, 5.41) is 0. The van der Waals surface area contributed by atoms with Gasteiger partial charge in [0, 0.05) is 11.3 Å². The highest BCUT2D eigenvalue weighted by atomic mass is 15.0. The lowest BCUT2D eigenvalue weighted by molar-refractivity contribution is 1.06. The number of hydrogen-bond donors (Lipinski definition) is 0. The maximum absolute atomic E-state index is 6.13. The van der Waals surface area contributed by atoms with E-state index >= 15 is 0 Å². The molecule has 0 unspecified atom stereocenters. The summed E-state index contributed by atoms with van der Waals surface area (Å²) in [5.41, 5.74) is 13.2. The molecule has 0 saturated heterocycles. The molecule has 1 heterocycles. The van der Waals surface area contributed by atoms with E-state index in [-0.39, 0.29) is 0 Å². The summed E-state index contributed by atoms with van der Waals surface area (Å²) < 4.78 is 2.34. The molecule has 0 atom stereocenters. The third-order valence-electron chi connectivity index (χ3n) is 7.15. The van der Waals surface area contributed by atoms with Crippen molar-refractivity contribution in [3.63, 3.8) is 0 Å². The van der Waals surface area contributed by atoms with Gasteiger partial charge in [0.1, 0.15) is 7.85 Å². The molecule has 182 valence electrons.